The first-order chi connectivity index (χ1) is 12.1. The molecule has 0 aromatic heterocycles. The maximum absolute atomic E-state index is 5.87. The number of ether oxygens (including phenoxy) is 3. The molecule has 0 heterocycles. The van der Waals surface area contributed by atoms with Crippen molar-refractivity contribution in [1.82, 2.24) is 0 Å². The Morgan fingerprint density at radius 2 is 1.08 bits per heavy atom. The van der Waals surface area contributed by atoms with Crippen molar-refractivity contribution in [3.05, 3.63) is 0 Å². The van der Waals surface area contributed by atoms with E-state index < -0.39 is 8.32 Å². The van der Waals surface area contributed by atoms with Gasteiger partial charge in [0.05, 0.1) is 26.4 Å². The molecule has 0 saturated carbocycles. The topological polar surface area (TPSA) is 36.9 Å². The summed E-state index contributed by atoms with van der Waals surface area (Å²) < 4.78 is 21.7. The maximum Gasteiger partial charge on any atom is 0.186 e. The molecule has 0 rings (SSSR count). The minimum atomic E-state index is -1.34. The Bertz CT molecular complexity index is 262. The summed E-state index contributed by atoms with van der Waals surface area (Å²) in [6.45, 7) is 11.2. The van der Waals surface area contributed by atoms with Crippen molar-refractivity contribution in [2.24, 2.45) is 0 Å². The van der Waals surface area contributed by atoms with Gasteiger partial charge in [-0.1, -0.05) is 51.4 Å². The molecule has 0 spiro atoms. The minimum absolute atomic E-state index is 0.659. The largest absolute Gasteiger partial charge is 0.418 e. The Hall–Kier alpha value is 0.0569. The van der Waals surface area contributed by atoms with Crippen molar-refractivity contribution in [1.29, 1.82) is 0 Å². The minimum Gasteiger partial charge on any atom is -0.418 e. The van der Waals surface area contributed by atoms with Crippen LogP contribution in [-0.2, 0) is 18.6 Å². The lowest BCUT2D eigenvalue weighted by Gasteiger charge is -2.21. The van der Waals surface area contributed by atoms with Crippen LogP contribution in [0.1, 0.15) is 64.7 Å². The summed E-state index contributed by atoms with van der Waals surface area (Å²) in [4.78, 5) is 0. The van der Waals surface area contributed by atoms with Crippen LogP contribution < -0.4 is 0 Å². The van der Waals surface area contributed by atoms with Crippen molar-refractivity contribution in [2.45, 2.75) is 83.8 Å². The lowest BCUT2D eigenvalue weighted by atomic mass is 10.1. The Balaban J connectivity index is 3.10. The van der Waals surface area contributed by atoms with Crippen LogP contribution in [0.2, 0.25) is 19.1 Å². The van der Waals surface area contributed by atoms with E-state index in [2.05, 4.69) is 20.0 Å². The predicted octanol–water partition coefficient (Wildman–Crippen LogP) is 5.42. The van der Waals surface area contributed by atoms with Gasteiger partial charge >= 0.3 is 0 Å². The molecule has 0 aliphatic heterocycles. The van der Waals surface area contributed by atoms with Crippen molar-refractivity contribution in [3.63, 3.8) is 0 Å². The van der Waals surface area contributed by atoms with Gasteiger partial charge in [0.25, 0.3) is 0 Å². The molecular weight excluding hydrogens is 332 g/mol. The highest BCUT2D eigenvalue weighted by atomic mass is 28.4. The van der Waals surface area contributed by atoms with Gasteiger partial charge in [-0.05, 0) is 32.5 Å². The Labute approximate surface area is 158 Å². The standard InChI is InChI=1S/C20H44O4Si/c1-5-24-25(3,4)20-14-12-10-8-6-7-9-11-13-15-22-18-19-23-17-16-21-2/h5-20H2,1-4H3. The molecule has 152 valence electrons. The third-order valence-corrected chi connectivity index (χ3v) is 7.03. The zero-order chi connectivity index (χ0) is 18.6. The SMILES string of the molecule is CCO[Si](C)(C)CCCCCCCCCCCOCCOCCOC. The van der Waals surface area contributed by atoms with Gasteiger partial charge in [0, 0.05) is 20.3 Å². The number of unbranched alkanes of at least 4 members (excludes halogenated alkanes) is 8. The van der Waals surface area contributed by atoms with Crippen molar-refractivity contribution >= 4 is 8.32 Å². The zero-order valence-corrected chi connectivity index (χ0v) is 18.4. The molecule has 0 fully saturated rings. The lowest BCUT2D eigenvalue weighted by molar-refractivity contribution is 0.0239. The van der Waals surface area contributed by atoms with Crippen LogP contribution in [0.3, 0.4) is 0 Å². The van der Waals surface area contributed by atoms with Crippen LogP contribution in [-0.4, -0.2) is 55.1 Å². The molecule has 25 heavy (non-hydrogen) atoms. The molecule has 0 aromatic carbocycles. The molecule has 0 aliphatic rings. The smallest absolute Gasteiger partial charge is 0.186 e. The van der Waals surface area contributed by atoms with E-state index in [1.165, 1.54) is 63.8 Å². The molecule has 0 radical (unpaired) electrons. The molecule has 0 unspecified atom stereocenters. The fraction of sp³-hybridized carbons (Fsp3) is 1.00. The molecule has 5 heteroatoms. The van der Waals surface area contributed by atoms with Gasteiger partial charge in [-0.15, -0.1) is 0 Å². The summed E-state index contributed by atoms with van der Waals surface area (Å²) in [5.41, 5.74) is 0. The Morgan fingerprint density at radius 1 is 0.600 bits per heavy atom. The van der Waals surface area contributed by atoms with Gasteiger partial charge in [-0.3, -0.25) is 0 Å². The molecule has 0 N–H and O–H groups in total. The summed E-state index contributed by atoms with van der Waals surface area (Å²) in [6, 6.07) is 1.32. The van der Waals surface area contributed by atoms with Gasteiger partial charge < -0.3 is 18.6 Å². The van der Waals surface area contributed by atoms with Gasteiger partial charge in [-0.2, -0.15) is 0 Å². The van der Waals surface area contributed by atoms with E-state index in [1.54, 1.807) is 7.11 Å². The van der Waals surface area contributed by atoms with E-state index in [-0.39, 0.29) is 0 Å². The number of hydrogen-bond donors (Lipinski definition) is 0. The average Bonchev–Trinajstić information content (AvgIpc) is 2.57. The predicted molar refractivity (Wildman–Crippen MR) is 109 cm³/mol. The van der Waals surface area contributed by atoms with E-state index in [0.717, 1.165) is 13.2 Å². The van der Waals surface area contributed by atoms with Gasteiger partial charge in [0.15, 0.2) is 8.32 Å². The summed E-state index contributed by atoms with van der Waals surface area (Å²) >= 11 is 0. The highest BCUT2D eigenvalue weighted by Crippen LogP contribution is 2.17. The van der Waals surface area contributed by atoms with Gasteiger partial charge in [0.2, 0.25) is 0 Å². The molecule has 0 amide bonds. The van der Waals surface area contributed by atoms with Crippen molar-refractivity contribution in [2.75, 3.05) is 46.8 Å². The quantitative estimate of drug-likeness (QED) is 0.210. The molecule has 0 aliphatic carbocycles. The summed E-state index contributed by atoms with van der Waals surface area (Å²) in [7, 11) is 0.349. The number of methoxy groups -OCH3 is 1. The second kappa shape index (κ2) is 18.8. The van der Waals surface area contributed by atoms with Crippen LogP contribution in [0.25, 0.3) is 0 Å². The summed E-state index contributed by atoms with van der Waals surface area (Å²) in [5.74, 6) is 0. The first-order valence-electron chi connectivity index (χ1n) is 10.4. The van der Waals surface area contributed by atoms with E-state index in [4.69, 9.17) is 18.6 Å². The fourth-order valence-electron chi connectivity index (χ4n) is 2.92. The first kappa shape index (κ1) is 25.1. The molecule has 4 nitrogen and oxygen atoms in total. The molecular formula is C20H44O4Si. The van der Waals surface area contributed by atoms with E-state index in [0.29, 0.717) is 26.4 Å². The number of hydrogen-bond acceptors (Lipinski definition) is 4. The second-order valence-corrected chi connectivity index (χ2v) is 11.7. The molecule has 0 bridgehead atoms. The van der Waals surface area contributed by atoms with E-state index in [1.807, 2.05) is 0 Å². The lowest BCUT2D eigenvalue weighted by Crippen LogP contribution is -2.29. The van der Waals surface area contributed by atoms with Crippen molar-refractivity contribution in [3.8, 4) is 0 Å². The monoisotopic (exact) mass is 376 g/mol. The van der Waals surface area contributed by atoms with Crippen LogP contribution in [0.15, 0.2) is 0 Å². The molecule has 0 atom stereocenters. The highest BCUT2D eigenvalue weighted by molar-refractivity contribution is 6.71. The third-order valence-electron chi connectivity index (χ3n) is 4.41. The van der Waals surface area contributed by atoms with Crippen LogP contribution >= 0.6 is 0 Å². The summed E-state index contributed by atoms with van der Waals surface area (Å²) in [5, 5.41) is 0. The Morgan fingerprint density at radius 3 is 1.64 bits per heavy atom. The third kappa shape index (κ3) is 20.2. The normalized spacial score (nSPS) is 12.0. The average molecular weight is 377 g/mol. The number of rotatable bonds is 20. The molecule has 0 saturated heterocycles. The van der Waals surface area contributed by atoms with Crippen LogP contribution in [0, 0.1) is 0 Å². The van der Waals surface area contributed by atoms with E-state index in [9.17, 15) is 0 Å². The molecule has 0 aromatic rings. The van der Waals surface area contributed by atoms with Crippen LogP contribution in [0.4, 0.5) is 0 Å². The van der Waals surface area contributed by atoms with Crippen LogP contribution in [0.5, 0.6) is 0 Å². The second-order valence-electron chi connectivity index (χ2n) is 7.34. The van der Waals surface area contributed by atoms with E-state index >= 15 is 0 Å². The Kier molecular flexibility index (Phi) is 18.9. The summed E-state index contributed by atoms with van der Waals surface area (Å²) in [6.07, 6.45) is 12.1. The highest BCUT2D eigenvalue weighted by Gasteiger charge is 2.20. The first-order valence-corrected chi connectivity index (χ1v) is 13.5. The van der Waals surface area contributed by atoms with Gasteiger partial charge in [0.1, 0.15) is 0 Å². The van der Waals surface area contributed by atoms with Gasteiger partial charge in [-0.25, -0.2) is 0 Å². The fourth-order valence-corrected chi connectivity index (χ4v) is 4.95. The zero-order valence-electron chi connectivity index (χ0n) is 17.4. The van der Waals surface area contributed by atoms with Crippen molar-refractivity contribution < 1.29 is 18.6 Å². The maximum atomic E-state index is 5.87.